The molecule has 0 aromatic rings. The highest BCUT2D eigenvalue weighted by atomic mass is 16.6. The molecule has 0 aromatic heterocycles. The molecule has 4 heteroatoms. The minimum absolute atomic E-state index is 0.161. The summed E-state index contributed by atoms with van der Waals surface area (Å²) in [6.07, 6.45) is 0.161. The Bertz CT molecular complexity index is 109. The molecule has 66 valence electrons. The van der Waals surface area contributed by atoms with E-state index in [0.29, 0.717) is 6.61 Å². The molecule has 4 nitrogen and oxygen atoms in total. The van der Waals surface area contributed by atoms with Crippen molar-refractivity contribution in [3.05, 3.63) is 0 Å². The summed E-state index contributed by atoms with van der Waals surface area (Å²) in [7, 11) is 0. The maximum Gasteiger partial charge on any atom is 0.0955 e. The molecule has 1 aliphatic rings. The Morgan fingerprint density at radius 2 is 2.55 bits per heavy atom. The number of nitrogens with zero attached hydrogens (tertiary/aromatic N) is 1. The molecule has 0 spiro atoms. The number of nitrogens with two attached hydrogens (primary N) is 1. The average Bonchev–Trinajstić information content (AvgIpc) is 2.06. The Morgan fingerprint density at radius 3 is 3.18 bits per heavy atom. The second kappa shape index (κ2) is 4.66. The number of hydrogen-bond donors (Lipinski definition) is 1. The van der Waals surface area contributed by atoms with Gasteiger partial charge in [-0.05, 0) is 6.54 Å². The number of ether oxygens (including phenoxy) is 1. The van der Waals surface area contributed by atoms with E-state index in [1.54, 1.807) is 0 Å². The largest absolute Gasteiger partial charge is 0.373 e. The lowest BCUT2D eigenvalue weighted by Gasteiger charge is -2.31. The number of likely N-dealkylation sites (N-methyl/N-ethyl adjacent to an activating group) is 1. The van der Waals surface area contributed by atoms with E-state index in [2.05, 4.69) is 16.7 Å². The van der Waals surface area contributed by atoms with Gasteiger partial charge in [-0.2, -0.15) is 0 Å². The molecule has 0 amide bonds. The summed E-state index contributed by atoms with van der Waals surface area (Å²) in [6.45, 7) is 6.47. The predicted octanol–water partition coefficient (Wildman–Crippen LogP) is -0.403. The van der Waals surface area contributed by atoms with Crippen LogP contribution in [-0.4, -0.2) is 43.9 Å². The van der Waals surface area contributed by atoms with Crippen molar-refractivity contribution in [1.29, 1.82) is 0 Å². The lowest BCUT2D eigenvalue weighted by Crippen LogP contribution is -2.44. The predicted molar refractivity (Wildman–Crippen MR) is 42.0 cm³/mol. The summed E-state index contributed by atoms with van der Waals surface area (Å²) < 4.78 is 5.40. The Morgan fingerprint density at radius 1 is 1.73 bits per heavy atom. The molecule has 0 radical (unpaired) electrons. The van der Waals surface area contributed by atoms with Gasteiger partial charge in [-0.3, -0.25) is 4.90 Å². The average molecular weight is 160 g/mol. The van der Waals surface area contributed by atoms with E-state index < -0.39 is 0 Å². The van der Waals surface area contributed by atoms with Crippen LogP contribution >= 0.6 is 0 Å². The number of morpholine rings is 1. The SMILES string of the molecule is CCN1CCOC(CON)C1. The molecular weight excluding hydrogens is 144 g/mol. The van der Waals surface area contributed by atoms with E-state index >= 15 is 0 Å². The Hall–Kier alpha value is -0.160. The van der Waals surface area contributed by atoms with Gasteiger partial charge in [-0.25, -0.2) is 5.90 Å². The lowest BCUT2D eigenvalue weighted by molar-refractivity contribution is -0.0685. The maximum absolute atomic E-state index is 5.40. The highest BCUT2D eigenvalue weighted by molar-refractivity contribution is 4.69. The fourth-order valence-electron chi connectivity index (χ4n) is 1.28. The van der Waals surface area contributed by atoms with Crippen LogP contribution in [0.2, 0.25) is 0 Å². The first-order valence-electron chi connectivity index (χ1n) is 4.02. The molecule has 0 aromatic carbocycles. The van der Waals surface area contributed by atoms with Gasteiger partial charge in [0.2, 0.25) is 0 Å². The Balaban J connectivity index is 2.21. The molecular formula is C7H16N2O2. The third kappa shape index (κ3) is 2.75. The molecule has 1 unspecified atom stereocenters. The quantitative estimate of drug-likeness (QED) is 0.571. The lowest BCUT2D eigenvalue weighted by atomic mass is 10.3. The van der Waals surface area contributed by atoms with Crippen molar-refractivity contribution < 1.29 is 9.57 Å². The minimum Gasteiger partial charge on any atom is -0.373 e. The third-order valence-corrected chi connectivity index (χ3v) is 1.95. The molecule has 1 aliphatic heterocycles. The van der Waals surface area contributed by atoms with Crippen LogP contribution in [0.5, 0.6) is 0 Å². The van der Waals surface area contributed by atoms with Crippen molar-refractivity contribution in [3.63, 3.8) is 0 Å². The standard InChI is InChI=1S/C7H16N2O2/c1-2-9-3-4-10-7(5-9)6-11-8/h7H,2-6,8H2,1H3. The smallest absolute Gasteiger partial charge is 0.0955 e. The Labute approximate surface area is 67.2 Å². The van der Waals surface area contributed by atoms with Crippen molar-refractivity contribution >= 4 is 0 Å². The highest BCUT2D eigenvalue weighted by Gasteiger charge is 2.18. The van der Waals surface area contributed by atoms with Crippen LogP contribution in [-0.2, 0) is 9.57 Å². The summed E-state index contributed by atoms with van der Waals surface area (Å²) in [5.41, 5.74) is 0. The van der Waals surface area contributed by atoms with Gasteiger partial charge in [0.25, 0.3) is 0 Å². The first kappa shape index (κ1) is 8.93. The summed E-state index contributed by atoms with van der Waals surface area (Å²) in [5, 5.41) is 0. The van der Waals surface area contributed by atoms with Crippen LogP contribution in [0.15, 0.2) is 0 Å². The molecule has 1 heterocycles. The van der Waals surface area contributed by atoms with Crippen LogP contribution in [0, 0.1) is 0 Å². The van der Waals surface area contributed by atoms with Crippen LogP contribution in [0.3, 0.4) is 0 Å². The van der Waals surface area contributed by atoms with Gasteiger partial charge >= 0.3 is 0 Å². The number of hydrogen-bond acceptors (Lipinski definition) is 4. The van der Waals surface area contributed by atoms with Gasteiger partial charge in [0.05, 0.1) is 19.3 Å². The molecule has 1 rings (SSSR count). The molecule has 0 bridgehead atoms. The molecule has 0 aliphatic carbocycles. The molecule has 11 heavy (non-hydrogen) atoms. The van der Waals surface area contributed by atoms with Crippen LogP contribution in [0.4, 0.5) is 0 Å². The van der Waals surface area contributed by atoms with Crippen LogP contribution in [0.1, 0.15) is 6.92 Å². The monoisotopic (exact) mass is 160 g/mol. The van der Waals surface area contributed by atoms with Gasteiger partial charge in [0, 0.05) is 13.1 Å². The van der Waals surface area contributed by atoms with E-state index in [1.165, 1.54) is 0 Å². The summed E-state index contributed by atoms with van der Waals surface area (Å²) >= 11 is 0. The zero-order valence-corrected chi connectivity index (χ0v) is 6.95. The third-order valence-electron chi connectivity index (χ3n) is 1.95. The Kier molecular flexibility index (Phi) is 3.79. The molecule has 1 saturated heterocycles. The number of rotatable bonds is 3. The van der Waals surface area contributed by atoms with E-state index in [4.69, 9.17) is 10.6 Å². The fourth-order valence-corrected chi connectivity index (χ4v) is 1.28. The van der Waals surface area contributed by atoms with Crippen LogP contribution < -0.4 is 5.90 Å². The van der Waals surface area contributed by atoms with E-state index in [1.807, 2.05) is 0 Å². The van der Waals surface area contributed by atoms with Gasteiger partial charge < -0.3 is 9.57 Å². The van der Waals surface area contributed by atoms with E-state index in [-0.39, 0.29) is 6.10 Å². The van der Waals surface area contributed by atoms with Crippen molar-refractivity contribution in [2.24, 2.45) is 5.90 Å². The van der Waals surface area contributed by atoms with Crippen molar-refractivity contribution in [2.75, 3.05) is 32.8 Å². The topological polar surface area (TPSA) is 47.7 Å². The van der Waals surface area contributed by atoms with Gasteiger partial charge in [0.1, 0.15) is 0 Å². The molecule has 1 fully saturated rings. The molecule has 1 atom stereocenters. The van der Waals surface area contributed by atoms with Gasteiger partial charge in [0.15, 0.2) is 0 Å². The van der Waals surface area contributed by atoms with Crippen LogP contribution in [0.25, 0.3) is 0 Å². The molecule has 0 saturated carbocycles. The van der Waals surface area contributed by atoms with Crippen molar-refractivity contribution in [3.8, 4) is 0 Å². The fraction of sp³-hybridized carbons (Fsp3) is 1.00. The first-order valence-corrected chi connectivity index (χ1v) is 4.02. The van der Waals surface area contributed by atoms with E-state index in [0.717, 1.165) is 26.2 Å². The first-order chi connectivity index (χ1) is 5.36. The van der Waals surface area contributed by atoms with Crippen molar-refractivity contribution in [1.82, 2.24) is 4.90 Å². The summed E-state index contributed by atoms with van der Waals surface area (Å²) in [4.78, 5) is 6.85. The minimum atomic E-state index is 0.161. The molecule has 2 N–H and O–H groups in total. The van der Waals surface area contributed by atoms with Gasteiger partial charge in [-0.1, -0.05) is 6.92 Å². The zero-order chi connectivity index (χ0) is 8.10. The van der Waals surface area contributed by atoms with E-state index in [9.17, 15) is 0 Å². The van der Waals surface area contributed by atoms with Gasteiger partial charge in [-0.15, -0.1) is 0 Å². The normalized spacial score (nSPS) is 27.3. The second-order valence-electron chi connectivity index (χ2n) is 2.72. The maximum atomic E-state index is 5.40. The summed E-state index contributed by atoms with van der Waals surface area (Å²) in [5.74, 6) is 4.95. The summed E-state index contributed by atoms with van der Waals surface area (Å²) in [6, 6.07) is 0. The zero-order valence-electron chi connectivity index (χ0n) is 6.95. The van der Waals surface area contributed by atoms with Crippen molar-refractivity contribution in [2.45, 2.75) is 13.0 Å². The second-order valence-corrected chi connectivity index (χ2v) is 2.72. The highest BCUT2D eigenvalue weighted by Crippen LogP contribution is 2.03.